The number of fused-ring (bicyclic) bond motifs is 3. The summed E-state index contributed by atoms with van der Waals surface area (Å²) in [6.07, 6.45) is 5.80. The maximum atomic E-state index is 5.98. The van der Waals surface area contributed by atoms with Gasteiger partial charge in [-0.15, -0.1) is 0 Å². The highest BCUT2D eigenvalue weighted by atomic mass is 16.5. The molecule has 0 amide bonds. The topological polar surface area (TPSA) is 72.2 Å². The summed E-state index contributed by atoms with van der Waals surface area (Å²) in [5.41, 5.74) is 15.8. The molecule has 0 bridgehead atoms. The van der Waals surface area contributed by atoms with Gasteiger partial charge in [-0.2, -0.15) is 0 Å². The van der Waals surface area contributed by atoms with E-state index in [1.54, 1.807) is 14.2 Å². The molecule has 0 fully saturated rings. The lowest BCUT2D eigenvalue weighted by molar-refractivity contribution is 0.0629. The molecule has 0 heterocycles. The zero-order valence-corrected chi connectivity index (χ0v) is 28.2. The van der Waals surface area contributed by atoms with Crippen molar-refractivity contribution in [1.82, 2.24) is 0 Å². The number of rotatable bonds is 21. The molecule has 250 valence electrons. The van der Waals surface area contributed by atoms with Gasteiger partial charge in [0.1, 0.15) is 5.75 Å². The maximum Gasteiger partial charge on any atom is 0.119 e. The van der Waals surface area contributed by atoms with Crippen molar-refractivity contribution in [2.45, 2.75) is 43.9 Å². The van der Waals surface area contributed by atoms with Crippen LogP contribution in [0.4, 0.5) is 0 Å². The second kappa shape index (κ2) is 18.1. The van der Waals surface area contributed by atoms with E-state index in [1.165, 1.54) is 44.5 Å². The van der Waals surface area contributed by atoms with Crippen LogP contribution in [0.3, 0.4) is 0 Å². The van der Waals surface area contributed by atoms with E-state index in [9.17, 15) is 0 Å². The number of unbranched alkanes of at least 4 members (excludes halogenated alkanes) is 1. The van der Waals surface area contributed by atoms with E-state index in [-0.39, 0.29) is 5.41 Å². The van der Waals surface area contributed by atoms with Crippen molar-refractivity contribution in [3.05, 3.63) is 102 Å². The van der Waals surface area contributed by atoms with E-state index in [0.29, 0.717) is 52.8 Å². The first kappa shape index (κ1) is 34.8. The summed E-state index contributed by atoms with van der Waals surface area (Å²) >= 11 is 0. The molecule has 4 aromatic rings. The van der Waals surface area contributed by atoms with Gasteiger partial charge < -0.3 is 29.4 Å². The molecule has 2 N–H and O–H groups in total. The third-order valence-electron chi connectivity index (χ3n) is 9.17. The fourth-order valence-electron chi connectivity index (χ4n) is 6.77. The molecule has 0 aliphatic heterocycles. The van der Waals surface area contributed by atoms with Crippen molar-refractivity contribution < 1.29 is 23.7 Å². The Labute approximate surface area is 281 Å². The van der Waals surface area contributed by atoms with Crippen LogP contribution in [0.5, 0.6) is 5.75 Å². The zero-order chi connectivity index (χ0) is 32.7. The van der Waals surface area contributed by atoms with Gasteiger partial charge in [0.25, 0.3) is 0 Å². The van der Waals surface area contributed by atoms with Crippen LogP contribution in [0.25, 0.3) is 33.4 Å². The van der Waals surface area contributed by atoms with Gasteiger partial charge in [-0.1, -0.05) is 66.7 Å². The number of methoxy groups -OCH3 is 2. The fraction of sp³-hybridized carbons (Fsp3) is 0.415. The molecule has 1 aliphatic carbocycles. The molecule has 0 radical (unpaired) electrons. The minimum Gasteiger partial charge on any atom is -0.494 e. The van der Waals surface area contributed by atoms with Gasteiger partial charge in [0, 0.05) is 32.8 Å². The summed E-state index contributed by atoms with van der Waals surface area (Å²) < 4.78 is 28.4. The molecule has 4 aromatic carbocycles. The zero-order valence-electron chi connectivity index (χ0n) is 28.2. The number of benzene rings is 4. The Morgan fingerprint density at radius 3 is 1.57 bits per heavy atom. The van der Waals surface area contributed by atoms with Crippen molar-refractivity contribution in [3.63, 3.8) is 0 Å². The van der Waals surface area contributed by atoms with Gasteiger partial charge in [-0.3, -0.25) is 0 Å². The second-order valence-corrected chi connectivity index (χ2v) is 12.3. The lowest BCUT2D eigenvalue weighted by Crippen LogP contribution is -2.27. The smallest absolute Gasteiger partial charge is 0.119 e. The quantitative estimate of drug-likeness (QED) is 0.0927. The van der Waals surface area contributed by atoms with Gasteiger partial charge in [-0.05, 0) is 114 Å². The summed E-state index contributed by atoms with van der Waals surface area (Å²) in [5.74, 6) is 0.893. The van der Waals surface area contributed by atoms with Crippen LogP contribution < -0.4 is 10.5 Å². The summed E-state index contributed by atoms with van der Waals surface area (Å²) in [5, 5.41) is 0. The van der Waals surface area contributed by atoms with Crippen LogP contribution in [-0.4, -0.2) is 67.0 Å². The van der Waals surface area contributed by atoms with Gasteiger partial charge >= 0.3 is 0 Å². The summed E-state index contributed by atoms with van der Waals surface area (Å²) in [7, 11) is 3.43. The standard InChI is InChI=1S/C41H51NO5/c1-43-26-28-45-23-8-20-41(21-9-24-46-29-27-44-2)39-30-34(32-10-4-3-5-11-32)14-18-37(39)38-19-15-35(31-40(38)41)33-12-16-36(17-13-33)47-25-7-6-22-42/h3-5,10-19,30-31H,6-9,20-29,42H2,1-2H3. The van der Waals surface area contributed by atoms with Crippen molar-refractivity contribution >= 4 is 0 Å². The third kappa shape index (κ3) is 8.89. The molecular formula is C41H51NO5. The van der Waals surface area contributed by atoms with Gasteiger partial charge in [0.05, 0.1) is 33.0 Å². The molecule has 6 nitrogen and oxygen atoms in total. The molecule has 0 atom stereocenters. The molecule has 47 heavy (non-hydrogen) atoms. The normalized spacial score (nSPS) is 13.0. The number of hydrogen-bond donors (Lipinski definition) is 1. The Morgan fingerprint density at radius 1 is 0.511 bits per heavy atom. The number of nitrogens with two attached hydrogens (primary N) is 1. The van der Waals surface area contributed by atoms with Crippen LogP contribution in [0.15, 0.2) is 91.0 Å². The summed E-state index contributed by atoms with van der Waals surface area (Å²) in [6, 6.07) is 33.3. The molecule has 5 rings (SSSR count). The summed E-state index contributed by atoms with van der Waals surface area (Å²) in [4.78, 5) is 0. The van der Waals surface area contributed by atoms with E-state index < -0.39 is 0 Å². The average molecular weight is 638 g/mol. The van der Waals surface area contributed by atoms with Crippen molar-refractivity contribution in [2.75, 3.05) is 67.0 Å². The van der Waals surface area contributed by atoms with Crippen molar-refractivity contribution in [2.24, 2.45) is 5.73 Å². The molecule has 6 heteroatoms. The SMILES string of the molecule is COCCOCCCC1(CCCOCCOC)c2cc(-c3ccccc3)ccc2-c2ccc(-c3ccc(OCCCCN)cc3)cc21. The Bertz CT molecular complexity index is 1490. The van der Waals surface area contributed by atoms with Crippen LogP contribution in [0.2, 0.25) is 0 Å². The molecular weight excluding hydrogens is 586 g/mol. The third-order valence-corrected chi connectivity index (χ3v) is 9.17. The molecule has 0 saturated heterocycles. The highest BCUT2D eigenvalue weighted by molar-refractivity contribution is 5.86. The molecule has 0 saturated carbocycles. The maximum absolute atomic E-state index is 5.98. The minimum absolute atomic E-state index is 0.174. The van der Waals surface area contributed by atoms with E-state index in [0.717, 1.165) is 44.3 Å². The molecule has 0 spiro atoms. The number of ether oxygens (including phenoxy) is 5. The van der Waals surface area contributed by atoms with Crippen LogP contribution in [0.1, 0.15) is 49.7 Å². The lowest BCUT2D eigenvalue weighted by Gasteiger charge is -2.33. The largest absolute Gasteiger partial charge is 0.494 e. The predicted octanol–water partition coefficient (Wildman–Crippen LogP) is 8.29. The first-order valence-electron chi connectivity index (χ1n) is 17.1. The Kier molecular flexibility index (Phi) is 13.4. The monoisotopic (exact) mass is 637 g/mol. The number of hydrogen-bond acceptors (Lipinski definition) is 6. The van der Waals surface area contributed by atoms with Crippen LogP contribution in [-0.2, 0) is 24.4 Å². The Balaban J connectivity index is 1.50. The second-order valence-electron chi connectivity index (χ2n) is 12.3. The van der Waals surface area contributed by atoms with E-state index in [4.69, 9.17) is 29.4 Å². The van der Waals surface area contributed by atoms with E-state index in [1.807, 2.05) is 0 Å². The molecule has 1 aliphatic rings. The molecule has 0 aromatic heterocycles. The lowest BCUT2D eigenvalue weighted by atomic mass is 9.70. The first-order chi connectivity index (χ1) is 23.2. The van der Waals surface area contributed by atoms with Gasteiger partial charge in [0.2, 0.25) is 0 Å². The Hall–Kier alpha value is -3.52. The van der Waals surface area contributed by atoms with E-state index in [2.05, 4.69) is 91.0 Å². The average Bonchev–Trinajstić information content (AvgIpc) is 3.38. The van der Waals surface area contributed by atoms with Crippen molar-refractivity contribution in [1.29, 1.82) is 0 Å². The van der Waals surface area contributed by atoms with Crippen molar-refractivity contribution in [3.8, 4) is 39.1 Å². The van der Waals surface area contributed by atoms with Crippen LogP contribution >= 0.6 is 0 Å². The Morgan fingerprint density at radius 2 is 1.04 bits per heavy atom. The first-order valence-corrected chi connectivity index (χ1v) is 17.1. The van der Waals surface area contributed by atoms with E-state index >= 15 is 0 Å². The highest BCUT2D eigenvalue weighted by Gasteiger charge is 2.42. The van der Waals surface area contributed by atoms with Crippen LogP contribution in [0, 0.1) is 0 Å². The van der Waals surface area contributed by atoms with Gasteiger partial charge in [-0.25, -0.2) is 0 Å². The van der Waals surface area contributed by atoms with Gasteiger partial charge in [0.15, 0.2) is 0 Å². The summed E-state index contributed by atoms with van der Waals surface area (Å²) in [6.45, 7) is 5.22. The fourth-order valence-corrected chi connectivity index (χ4v) is 6.77. The predicted molar refractivity (Wildman–Crippen MR) is 191 cm³/mol. The molecule has 0 unspecified atom stereocenters. The highest BCUT2D eigenvalue weighted by Crippen LogP contribution is 2.55. The minimum atomic E-state index is -0.174.